The molecule has 1 aliphatic rings. The molecule has 7 nitrogen and oxygen atoms in total. The van der Waals surface area contributed by atoms with Crippen molar-refractivity contribution in [1.82, 2.24) is 13.9 Å². The SMILES string of the molecule is Cc1ccc(S(=O)(=O)n2ccc3c(N(C)C4CCC(CS(C)=O)CC4)ncnc32)cc1. The zero-order chi connectivity index (χ0) is 22.2. The van der Waals surface area contributed by atoms with Gasteiger partial charge in [-0.3, -0.25) is 4.21 Å². The molecular weight excluding hydrogens is 432 g/mol. The van der Waals surface area contributed by atoms with Gasteiger partial charge in [-0.25, -0.2) is 22.4 Å². The summed E-state index contributed by atoms with van der Waals surface area (Å²) in [7, 11) is -2.49. The number of benzene rings is 1. The van der Waals surface area contributed by atoms with Gasteiger partial charge in [-0.1, -0.05) is 17.7 Å². The topological polar surface area (TPSA) is 85.2 Å². The van der Waals surface area contributed by atoms with Crippen LogP contribution >= 0.6 is 0 Å². The van der Waals surface area contributed by atoms with Gasteiger partial charge >= 0.3 is 0 Å². The van der Waals surface area contributed by atoms with Crippen molar-refractivity contribution < 1.29 is 12.6 Å². The molecule has 0 bridgehead atoms. The van der Waals surface area contributed by atoms with Crippen LogP contribution in [0.3, 0.4) is 0 Å². The van der Waals surface area contributed by atoms with Gasteiger partial charge in [0, 0.05) is 42.1 Å². The maximum absolute atomic E-state index is 13.2. The van der Waals surface area contributed by atoms with Crippen LogP contribution in [0.2, 0.25) is 0 Å². The van der Waals surface area contributed by atoms with Crippen molar-refractivity contribution >= 4 is 37.7 Å². The molecule has 2 aromatic heterocycles. The molecule has 0 radical (unpaired) electrons. The highest BCUT2D eigenvalue weighted by Crippen LogP contribution is 2.33. The van der Waals surface area contributed by atoms with E-state index in [1.807, 2.05) is 14.0 Å². The summed E-state index contributed by atoms with van der Waals surface area (Å²) in [6.45, 7) is 1.92. The number of nitrogens with zero attached hydrogens (tertiary/aromatic N) is 4. The van der Waals surface area contributed by atoms with Gasteiger partial charge in [0.25, 0.3) is 10.0 Å². The largest absolute Gasteiger partial charge is 0.356 e. The van der Waals surface area contributed by atoms with E-state index in [0.29, 0.717) is 17.6 Å². The van der Waals surface area contributed by atoms with Crippen molar-refractivity contribution in [3.05, 3.63) is 48.4 Å². The Labute approximate surface area is 186 Å². The van der Waals surface area contributed by atoms with Crippen LogP contribution in [-0.4, -0.2) is 51.7 Å². The summed E-state index contributed by atoms with van der Waals surface area (Å²) in [6, 6.07) is 8.91. The minimum absolute atomic E-state index is 0.232. The highest BCUT2D eigenvalue weighted by Gasteiger charge is 2.27. The standard InChI is InChI=1S/C22H28N4O3S2/c1-16-4-10-19(11-5-16)31(28,29)26-13-12-20-21(23-15-24-22(20)26)25(2)18-8-6-17(7-9-18)14-30(3)27/h4-5,10-13,15,17-18H,6-9,14H2,1-3H3. The molecule has 2 heterocycles. The maximum atomic E-state index is 13.2. The fraction of sp³-hybridized carbons (Fsp3) is 0.455. The van der Waals surface area contributed by atoms with Crippen LogP contribution in [0.5, 0.6) is 0 Å². The van der Waals surface area contributed by atoms with E-state index < -0.39 is 20.8 Å². The average Bonchev–Trinajstić information content (AvgIpc) is 3.19. The number of hydrogen-bond acceptors (Lipinski definition) is 6. The third-order valence-corrected chi connectivity index (χ3v) is 8.79. The number of aromatic nitrogens is 3. The predicted molar refractivity (Wildman–Crippen MR) is 124 cm³/mol. The normalized spacial score (nSPS) is 20.6. The fourth-order valence-electron chi connectivity index (χ4n) is 4.42. The molecule has 0 amide bonds. The third-order valence-electron chi connectivity index (χ3n) is 6.17. The Morgan fingerprint density at radius 1 is 1.10 bits per heavy atom. The molecule has 4 rings (SSSR count). The molecule has 3 aromatic rings. The molecule has 1 atom stereocenters. The molecule has 166 valence electrons. The molecular formula is C22H28N4O3S2. The summed E-state index contributed by atoms with van der Waals surface area (Å²) in [4.78, 5) is 11.2. The Balaban J connectivity index is 1.62. The summed E-state index contributed by atoms with van der Waals surface area (Å²) in [5.74, 6) is 2.03. The smallest absolute Gasteiger partial charge is 0.269 e. The van der Waals surface area contributed by atoms with E-state index in [4.69, 9.17) is 0 Å². The van der Waals surface area contributed by atoms with Crippen LogP contribution in [0, 0.1) is 12.8 Å². The lowest BCUT2D eigenvalue weighted by Crippen LogP contribution is -2.36. The zero-order valence-corrected chi connectivity index (χ0v) is 19.7. The molecule has 31 heavy (non-hydrogen) atoms. The van der Waals surface area contributed by atoms with Crippen LogP contribution in [-0.2, 0) is 20.8 Å². The number of aryl methyl sites for hydroxylation is 1. The van der Waals surface area contributed by atoms with Gasteiger partial charge in [-0.2, -0.15) is 0 Å². The highest BCUT2D eigenvalue weighted by molar-refractivity contribution is 7.90. The van der Waals surface area contributed by atoms with Gasteiger partial charge in [-0.05, 0) is 56.7 Å². The number of anilines is 1. The van der Waals surface area contributed by atoms with E-state index in [0.717, 1.165) is 48.2 Å². The van der Waals surface area contributed by atoms with Crippen LogP contribution in [0.25, 0.3) is 11.0 Å². The molecule has 0 aliphatic heterocycles. The molecule has 1 aliphatic carbocycles. The van der Waals surface area contributed by atoms with Crippen molar-refractivity contribution in [2.75, 3.05) is 24.0 Å². The second kappa shape index (κ2) is 8.70. The van der Waals surface area contributed by atoms with Crippen LogP contribution in [0.15, 0.2) is 47.8 Å². The highest BCUT2D eigenvalue weighted by atomic mass is 32.2. The van der Waals surface area contributed by atoms with Gasteiger partial charge in [0.05, 0.1) is 10.3 Å². The quantitative estimate of drug-likeness (QED) is 0.561. The van der Waals surface area contributed by atoms with E-state index in [2.05, 4.69) is 14.9 Å². The summed E-state index contributed by atoms with van der Waals surface area (Å²) < 4.78 is 39.1. The first-order chi connectivity index (χ1) is 14.8. The summed E-state index contributed by atoms with van der Waals surface area (Å²) in [5.41, 5.74) is 1.38. The van der Waals surface area contributed by atoms with Crippen molar-refractivity contribution in [2.45, 2.75) is 43.5 Å². The number of rotatable bonds is 6. The molecule has 1 fully saturated rings. The van der Waals surface area contributed by atoms with Crippen LogP contribution in [0.1, 0.15) is 31.2 Å². The minimum Gasteiger partial charge on any atom is -0.356 e. The first-order valence-corrected chi connectivity index (χ1v) is 13.6. The Bertz CT molecular complexity index is 1200. The lowest BCUT2D eigenvalue weighted by Gasteiger charge is -2.35. The van der Waals surface area contributed by atoms with E-state index in [9.17, 15) is 12.6 Å². The Morgan fingerprint density at radius 3 is 2.42 bits per heavy atom. The van der Waals surface area contributed by atoms with Gasteiger partial charge in [0.1, 0.15) is 12.1 Å². The first kappa shape index (κ1) is 22.0. The number of fused-ring (bicyclic) bond motifs is 1. The molecule has 1 aromatic carbocycles. The first-order valence-electron chi connectivity index (χ1n) is 10.4. The Kier molecular flexibility index (Phi) is 6.16. The average molecular weight is 461 g/mol. The monoisotopic (exact) mass is 460 g/mol. The van der Waals surface area contributed by atoms with E-state index >= 15 is 0 Å². The molecule has 9 heteroatoms. The zero-order valence-electron chi connectivity index (χ0n) is 18.1. The van der Waals surface area contributed by atoms with Gasteiger partial charge in [0.15, 0.2) is 5.65 Å². The minimum atomic E-state index is -3.75. The van der Waals surface area contributed by atoms with E-state index in [-0.39, 0.29) is 4.90 Å². The second-order valence-corrected chi connectivity index (χ2v) is 11.7. The summed E-state index contributed by atoms with van der Waals surface area (Å²) in [5, 5.41) is 0.720. The lowest BCUT2D eigenvalue weighted by atomic mass is 9.86. The van der Waals surface area contributed by atoms with Crippen molar-refractivity contribution in [2.24, 2.45) is 5.92 Å². The van der Waals surface area contributed by atoms with Gasteiger partial charge < -0.3 is 4.90 Å². The van der Waals surface area contributed by atoms with E-state index in [1.54, 1.807) is 42.8 Å². The van der Waals surface area contributed by atoms with E-state index in [1.165, 1.54) is 10.3 Å². The predicted octanol–water partition coefficient (Wildman–Crippen LogP) is 3.35. The van der Waals surface area contributed by atoms with Crippen molar-refractivity contribution in [3.63, 3.8) is 0 Å². The molecule has 0 N–H and O–H groups in total. The molecule has 1 unspecified atom stereocenters. The number of hydrogen-bond donors (Lipinski definition) is 0. The Morgan fingerprint density at radius 2 is 1.77 bits per heavy atom. The van der Waals surface area contributed by atoms with Crippen LogP contribution in [0.4, 0.5) is 5.82 Å². The fourth-order valence-corrected chi connectivity index (χ4v) is 6.72. The summed E-state index contributed by atoms with van der Waals surface area (Å²) >= 11 is 0. The maximum Gasteiger partial charge on any atom is 0.269 e. The summed E-state index contributed by atoms with van der Waals surface area (Å²) in [6.07, 6.45) is 8.86. The van der Waals surface area contributed by atoms with Crippen molar-refractivity contribution in [3.8, 4) is 0 Å². The lowest BCUT2D eigenvalue weighted by molar-refractivity contribution is 0.343. The Hall–Kier alpha value is -2.26. The van der Waals surface area contributed by atoms with Crippen molar-refractivity contribution in [1.29, 1.82) is 0 Å². The van der Waals surface area contributed by atoms with Crippen LogP contribution < -0.4 is 4.90 Å². The third kappa shape index (κ3) is 4.39. The van der Waals surface area contributed by atoms with Gasteiger partial charge in [-0.15, -0.1) is 0 Å². The molecule has 1 saturated carbocycles. The second-order valence-electron chi connectivity index (χ2n) is 8.39. The molecule has 0 spiro atoms. The molecule has 0 saturated heterocycles. The van der Waals surface area contributed by atoms with Gasteiger partial charge in [0.2, 0.25) is 0 Å².